The molecular weight excluding hydrogens is 258 g/mol. The van der Waals surface area contributed by atoms with Crippen molar-refractivity contribution in [1.29, 1.82) is 0 Å². The molecule has 0 spiro atoms. The number of rotatable bonds is 6. The van der Waals surface area contributed by atoms with E-state index < -0.39 is 0 Å². The van der Waals surface area contributed by atoms with E-state index >= 15 is 0 Å². The summed E-state index contributed by atoms with van der Waals surface area (Å²) in [4.78, 5) is 14.3. The summed E-state index contributed by atoms with van der Waals surface area (Å²) in [7, 11) is 4.07. The minimum atomic E-state index is 0.157. The first kappa shape index (κ1) is 15.2. The molecular formula is C19H21NO. The third-order valence-corrected chi connectivity index (χ3v) is 3.22. The normalized spacial score (nSPS) is 11.2. The average molecular weight is 279 g/mol. The number of Topliss-reactive ketones (excluding diaryl/α,β-unsaturated/α-hetero) is 1. The van der Waals surface area contributed by atoms with Crippen LogP contribution in [0.25, 0.3) is 6.08 Å². The van der Waals surface area contributed by atoms with Gasteiger partial charge >= 0.3 is 0 Å². The van der Waals surface area contributed by atoms with Crippen LogP contribution in [0.5, 0.6) is 0 Å². The lowest BCUT2D eigenvalue weighted by Gasteiger charge is -2.04. The van der Waals surface area contributed by atoms with Gasteiger partial charge in [0.05, 0.1) is 0 Å². The second kappa shape index (κ2) is 7.55. The van der Waals surface area contributed by atoms with Crippen molar-refractivity contribution in [3.63, 3.8) is 0 Å². The molecule has 0 bridgehead atoms. The van der Waals surface area contributed by atoms with Crippen LogP contribution in [-0.4, -0.2) is 31.3 Å². The zero-order valence-electron chi connectivity index (χ0n) is 12.6. The highest BCUT2D eigenvalue weighted by Crippen LogP contribution is 2.10. The summed E-state index contributed by atoms with van der Waals surface area (Å²) in [5, 5.41) is 0. The van der Waals surface area contributed by atoms with E-state index in [-0.39, 0.29) is 5.78 Å². The molecule has 0 aliphatic carbocycles. The van der Waals surface area contributed by atoms with Gasteiger partial charge in [-0.3, -0.25) is 4.79 Å². The van der Waals surface area contributed by atoms with Gasteiger partial charge in [0.25, 0.3) is 0 Å². The molecule has 2 nitrogen and oxygen atoms in total. The molecule has 0 unspecified atom stereocenters. The molecule has 0 atom stereocenters. The molecule has 0 aliphatic rings. The van der Waals surface area contributed by atoms with E-state index in [1.807, 2.05) is 68.7 Å². The summed E-state index contributed by atoms with van der Waals surface area (Å²) in [6, 6.07) is 17.6. The molecule has 108 valence electrons. The van der Waals surface area contributed by atoms with Crippen molar-refractivity contribution >= 4 is 11.9 Å². The number of hydrogen-bond donors (Lipinski definition) is 0. The van der Waals surface area contributed by atoms with Crippen LogP contribution in [0, 0.1) is 0 Å². The molecule has 2 rings (SSSR count). The highest BCUT2D eigenvalue weighted by molar-refractivity contribution is 5.97. The van der Waals surface area contributed by atoms with Crippen LogP contribution in [0.15, 0.2) is 60.7 Å². The summed E-state index contributed by atoms with van der Waals surface area (Å²) in [6.07, 6.45) is 4.64. The molecule has 2 aromatic carbocycles. The molecule has 2 aromatic rings. The molecule has 0 N–H and O–H groups in total. The van der Waals surface area contributed by atoms with E-state index in [2.05, 4.69) is 17.1 Å². The number of likely N-dealkylation sites (N-methyl/N-ethyl adjacent to an activating group) is 1. The smallest absolute Gasteiger partial charge is 0.167 e. The Morgan fingerprint density at radius 3 is 2.29 bits per heavy atom. The van der Waals surface area contributed by atoms with Crippen molar-refractivity contribution in [2.24, 2.45) is 0 Å². The maximum Gasteiger partial charge on any atom is 0.167 e. The lowest BCUT2D eigenvalue weighted by atomic mass is 10.0. The predicted molar refractivity (Wildman–Crippen MR) is 88.5 cm³/mol. The molecule has 0 radical (unpaired) electrons. The Bertz CT molecular complexity index is 597. The summed E-state index contributed by atoms with van der Waals surface area (Å²) in [5.41, 5.74) is 2.94. The van der Waals surface area contributed by atoms with Gasteiger partial charge in [0, 0.05) is 18.5 Å². The minimum absolute atomic E-state index is 0.157. The van der Waals surface area contributed by atoms with Gasteiger partial charge in [-0.05, 0) is 25.2 Å². The van der Waals surface area contributed by atoms with Crippen LogP contribution in [0.1, 0.15) is 21.5 Å². The highest BCUT2D eigenvalue weighted by Gasteiger charge is 2.06. The summed E-state index contributed by atoms with van der Waals surface area (Å²) in [6.45, 7) is 0.911. The molecule has 0 aromatic heterocycles. The van der Waals surface area contributed by atoms with Crippen LogP contribution in [0.2, 0.25) is 0 Å². The fourth-order valence-corrected chi connectivity index (χ4v) is 2.06. The zero-order chi connectivity index (χ0) is 15.1. The number of carbonyl (C=O) groups is 1. The van der Waals surface area contributed by atoms with Gasteiger partial charge in [0.2, 0.25) is 0 Å². The molecule has 0 aliphatic heterocycles. The van der Waals surface area contributed by atoms with Gasteiger partial charge in [0.1, 0.15) is 0 Å². The SMILES string of the molecule is CN(C)CC=Cc1ccc(C(=O)Cc2ccccc2)cc1. The topological polar surface area (TPSA) is 20.3 Å². The number of hydrogen-bond acceptors (Lipinski definition) is 2. The van der Waals surface area contributed by atoms with E-state index in [0.29, 0.717) is 6.42 Å². The standard InChI is InChI=1S/C19H21NO/c1-20(2)14-6-9-16-10-12-18(13-11-16)19(21)15-17-7-4-3-5-8-17/h3-13H,14-15H2,1-2H3. The van der Waals surface area contributed by atoms with E-state index in [1.54, 1.807) is 0 Å². The Balaban J connectivity index is 1.98. The molecule has 0 heterocycles. The first-order valence-corrected chi connectivity index (χ1v) is 7.13. The van der Waals surface area contributed by atoms with E-state index in [9.17, 15) is 4.79 Å². The van der Waals surface area contributed by atoms with E-state index in [4.69, 9.17) is 0 Å². The van der Waals surface area contributed by atoms with E-state index in [0.717, 1.165) is 23.2 Å². The van der Waals surface area contributed by atoms with Gasteiger partial charge in [-0.2, -0.15) is 0 Å². The van der Waals surface area contributed by atoms with Crippen molar-refractivity contribution in [3.05, 3.63) is 77.4 Å². The Hall–Kier alpha value is -2.19. The molecule has 0 amide bonds. The lowest BCUT2D eigenvalue weighted by Crippen LogP contribution is -2.10. The highest BCUT2D eigenvalue weighted by atomic mass is 16.1. The van der Waals surface area contributed by atoms with Gasteiger partial charge in [0.15, 0.2) is 5.78 Å². The summed E-state index contributed by atoms with van der Waals surface area (Å²) in [5.74, 6) is 0.157. The Morgan fingerprint density at radius 2 is 1.67 bits per heavy atom. The largest absolute Gasteiger partial charge is 0.306 e. The van der Waals surface area contributed by atoms with Crippen LogP contribution in [-0.2, 0) is 6.42 Å². The van der Waals surface area contributed by atoms with Gasteiger partial charge in [-0.1, -0.05) is 66.7 Å². The van der Waals surface area contributed by atoms with E-state index in [1.165, 1.54) is 0 Å². The quantitative estimate of drug-likeness (QED) is 0.752. The maximum absolute atomic E-state index is 12.2. The van der Waals surface area contributed by atoms with Crippen molar-refractivity contribution in [1.82, 2.24) is 4.90 Å². The first-order valence-electron chi connectivity index (χ1n) is 7.13. The summed E-state index contributed by atoms with van der Waals surface area (Å²) < 4.78 is 0. The van der Waals surface area contributed by atoms with Gasteiger partial charge in [-0.25, -0.2) is 0 Å². The Labute approximate surface area is 126 Å². The number of benzene rings is 2. The zero-order valence-corrected chi connectivity index (χ0v) is 12.6. The van der Waals surface area contributed by atoms with Crippen molar-refractivity contribution in [2.75, 3.05) is 20.6 Å². The first-order chi connectivity index (χ1) is 10.1. The lowest BCUT2D eigenvalue weighted by molar-refractivity contribution is 0.0993. The van der Waals surface area contributed by atoms with Crippen molar-refractivity contribution in [3.8, 4) is 0 Å². The van der Waals surface area contributed by atoms with Crippen molar-refractivity contribution < 1.29 is 4.79 Å². The molecule has 0 saturated carbocycles. The van der Waals surface area contributed by atoms with Crippen molar-refractivity contribution in [2.45, 2.75) is 6.42 Å². The Morgan fingerprint density at radius 1 is 1.00 bits per heavy atom. The third-order valence-electron chi connectivity index (χ3n) is 3.22. The molecule has 2 heteroatoms. The second-order valence-corrected chi connectivity index (χ2v) is 5.37. The van der Waals surface area contributed by atoms with Gasteiger partial charge in [-0.15, -0.1) is 0 Å². The molecule has 0 fully saturated rings. The number of carbonyl (C=O) groups excluding carboxylic acids is 1. The van der Waals surface area contributed by atoms with Gasteiger partial charge < -0.3 is 4.90 Å². The fraction of sp³-hybridized carbons (Fsp3) is 0.211. The van der Waals surface area contributed by atoms with Crippen LogP contribution in [0.3, 0.4) is 0 Å². The second-order valence-electron chi connectivity index (χ2n) is 5.37. The Kier molecular flexibility index (Phi) is 5.47. The monoisotopic (exact) mass is 279 g/mol. The minimum Gasteiger partial charge on any atom is -0.306 e. The average Bonchev–Trinajstić information content (AvgIpc) is 2.48. The third kappa shape index (κ3) is 5.01. The predicted octanol–water partition coefficient (Wildman–Crippen LogP) is 3.69. The number of nitrogens with zero attached hydrogens (tertiary/aromatic N) is 1. The van der Waals surface area contributed by atoms with Crippen LogP contribution < -0.4 is 0 Å². The summed E-state index contributed by atoms with van der Waals surface area (Å²) >= 11 is 0. The molecule has 0 saturated heterocycles. The molecule has 21 heavy (non-hydrogen) atoms. The maximum atomic E-state index is 12.2. The number of ketones is 1. The van der Waals surface area contributed by atoms with Crippen LogP contribution >= 0.6 is 0 Å². The fourth-order valence-electron chi connectivity index (χ4n) is 2.06. The van der Waals surface area contributed by atoms with Crippen LogP contribution in [0.4, 0.5) is 0 Å².